The molecule has 0 spiro atoms. The third-order valence-electron chi connectivity index (χ3n) is 2.99. The van der Waals surface area contributed by atoms with Gasteiger partial charge in [-0.25, -0.2) is 0 Å². The minimum absolute atomic E-state index is 0.226. The molecule has 0 amide bonds. The molecule has 1 N–H and O–H groups in total. The van der Waals surface area contributed by atoms with Crippen LogP contribution >= 0.6 is 27.5 Å². The molecule has 2 aromatic rings. The van der Waals surface area contributed by atoms with Crippen LogP contribution in [0.3, 0.4) is 0 Å². The van der Waals surface area contributed by atoms with Crippen molar-refractivity contribution >= 4 is 27.5 Å². The van der Waals surface area contributed by atoms with Gasteiger partial charge in [0, 0.05) is 40.4 Å². The van der Waals surface area contributed by atoms with Gasteiger partial charge in [-0.3, -0.25) is 4.98 Å². The van der Waals surface area contributed by atoms with Crippen molar-refractivity contribution in [2.24, 2.45) is 0 Å². The van der Waals surface area contributed by atoms with E-state index in [-0.39, 0.29) is 6.04 Å². The highest BCUT2D eigenvalue weighted by atomic mass is 79.9. The van der Waals surface area contributed by atoms with E-state index < -0.39 is 0 Å². The van der Waals surface area contributed by atoms with Gasteiger partial charge in [-0.15, -0.1) is 0 Å². The molecular formula is C15H16BrClN2. The third-order valence-corrected chi connectivity index (χ3v) is 3.81. The predicted octanol–water partition coefficient (Wildman–Crippen LogP) is 4.39. The number of rotatable bonds is 5. The van der Waals surface area contributed by atoms with Crippen LogP contribution in [0.4, 0.5) is 0 Å². The second kappa shape index (κ2) is 7.04. The van der Waals surface area contributed by atoms with Gasteiger partial charge in [0.2, 0.25) is 0 Å². The van der Waals surface area contributed by atoms with Crippen molar-refractivity contribution in [3.8, 4) is 0 Å². The highest BCUT2D eigenvalue weighted by molar-refractivity contribution is 9.10. The van der Waals surface area contributed by atoms with E-state index in [2.05, 4.69) is 33.2 Å². The lowest BCUT2D eigenvalue weighted by atomic mass is 10.1. The highest BCUT2D eigenvalue weighted by Gasteiger charge is 2.09. The average molecular weight is 340 g/mol. The Hall–Kier alpha value is -0.900. The Labute approximate surface area is 127 Å². The van der Waals surface area contributed by atoms with Gasteiger partial charge in [0.05, 0.1) is 0 Å². The summed E-state index contributed by atoms with van der Waals surface area (Å²) in [6.45, 7) is 3.00. The number of benzene rings is 1. The monoisotopic (exact) mass is 338 g/mol. The Morgan fingerprint density at radius 1 is 1.32 bits per heavy atom. The quantitative estimate of drug-likeness (QED) is 0.874. The topological polar surface area (TPSA) is 24.9 Å². The first-order valence-corrected chi connectivity index (χ1v) is 7.42. The van der Waals surface area contributed by atoms with Crippen LogP contribution < -0.4 is 5.32 Å². The highest BCUT2D eigenvalue weighted by Crippen LogP contribution is 2.26. The minimum Gasteiger partial charge on any atom is -0.310 e. The molecule has 19 heavy (non-hydrogen) atoms. The van der Waals surface area contributed by atoms with Gasteiger partial charge in [0.1, 0.15) is 0 Å². The number of nitrogens with one attached hydrogen (secondary N) is 1. The van der Waals surface area contributed by atoms with Crippen LogP contribution in [0.25, 0.3) is 0 Å². The molecule has 1 atom stereocenters. The van der Waals surface area contributed by atoms with Crippen LogP contribution in [-0.4, -0.2) is 11.5 Å². The number of aromatic nitrogens is 1. The Balaban J connectivity index is 1.89. The summed E-state index contributed by atoms with van der Waals surface area (Å²) in [5.74, 6) is 0. The second-order valence-electron chi connectivity index (χ2n) is 4.41. The van der Waals surface area contributed by atoms with Crippen molar-refractivity contribution < 1.29 is 0 Å². The maximum atomic E-state index is 6.24. The van der Waals surface area contributed by atoms with Gasteiger partial charge in [-0.2, -0.15) is 0 Å². The summed E-state index contributed by atoms with van der Waals surface area (Å²) < 4.78 is 1.00. The number of nitrogens with zero attached hydrogens (tertiary/aromatic N) is 1. The summed E-state index contributed by atoms with van der Waals surface area (Å²) in [7, 11) is 0. The first-order valence-electron chi connectivity index (χ1n) is 6.25. The molecule has 1 heterocycles. The smallest absolute Gasteiger partial charge is 0.0464 e. The molecule has 0 aliphatic rings. The maximum Gasteiger partial charge on any atom is 0.0464 e. The summed E-state index contributed by atoms with van der Waals surface area (Å²) in [5, 5.41) is 4.25. The normalized spacial score (nSPS) is 12.4. The summed E-state index contributed by atoms with van der Waals surface area (Å²) in [5.41, 5.74) is 2.22. The van der Waals surface area contributed by atoms with Crippen molar-refractivity contribution in [3.05, 3.63) is 63.3 Å². The molecular weight excluding hydrogens is 324 g/mol. The summed E-state index contributed by atoms with van der Waals surface area (Å²) in [6.07, 6.45) is 2.74. The molecule has 100 valence electrons. The van der Waals surface area contributed by atoms with Crippen LogP contribution in [0.15, 0.2) is 47.1 Å². The van der Waals surface area contributed by atoms with E-state index in [0.29, 0.717) is 0 Å². The Kier molecular flexibility index (Phi) is 5.37. The van der Waals surface area contributed by atoms with Gasteiger partial charge in [-0.05, 0) is 36.8 Å². The van der Waals surface area contributed by atoms with Crippen molar-refractivity contribution in [3.63, 3.8) is 0 Å². The molecule has 0 radical (unpaired) electrons. The lowest BCUT2D eigenvalue weighted by Gasteiger charge is -2.15. The molecule has 2 nitrogen and oxygen atoms in total. The second-order valence-corrected chi connectivity index (χ2v) is 5.74. The predicted molar refractivity (Wildman–Crippen MR) is 83.5 cm³/mol. The van der Waals surface area contributed by atoms with Crippen molar-refractivity contribution in [1.29, 1.82) is 0 Å². The Morgan fingerprint density at radius 3 is 2.84 bits per heavy atom. The number of hydrogen-bond donors (Lipinski definition) is 1. The van der Waals surface area contributed by atoms with Gasteiger partial charge in [0.25, 0.3) is 0 Å². The van der Waals surface area contributed by atoms with E-state index in [1.807, 2.05) is 42.6 Å². The SMILES string of the molecule is CC(NCCc1ccccn1)c1ccc(Br)cc1Cl. The molecule has 4 heteroatoms. The Morgan fingerprint density at radius 2 is 2.16 bits per heavy atom. The van der Waals surface area contributed by atoms with Gasteiger partial charge >= 0.3 is 0 Å². The van der Waals surface area contributed by atoms with Gasteiger partial charge in [-0.1, -0.05) is 39.7 Å². The van der Waals surface area contributed by atoms with E-state index in [1.165, 1.54) is 0 Å². The van der Waals surface area contributed by atoms with E-state index in [1.54, 1.807) is 0 Å². The van der Waals surface area contributed by atoms with E-state index >= 15 is 0 Å². The summed E-state index contributed by atoms with van der Waals surface area (Å²) in [4.78, 5) is 4.31. The fourth-order valence-corrected chi connectivity index (χ4v) is 2.76. The van der Waals surface area contributed by atoms with Gasteiger partial charge in [0.15, 0.2) is 0 Å². The Bertz CT molecular complexity index is 531. The molecule has 0 aliphatic carbocycles. The zero-order valence-corrected chi connectivity index (χ0v) is 13.1. The first-order chi connectivity index (χ1) is 9.16. The van der Waals surface area contributed by atoms with Crippen LogP contribution in [0.1, 0.15) is 24.2 Å². The number of pyridine rings is 1. The number of halogens is 2. The lowest BCUT2D eigenvalue weighted by molar-refractivity contribution is 0.574. The standard InChI is InChI=1S/C15H16BrClN2/c1-11(14-6-5-12(16)10-15(14)17)18-9-7-13-4-2-3-8-19-13/h2-6,8,10-11,18H,7,9H2,1H3. The van der Waals surface area contributed by atoms with E-state index in [0.717, 1.165) is 33.7 Å². The van der Waals surface area contributed by atoms with Crippen LogP contribution in [0.2, 0.25) is 5.02 Å². The first kappa shape index (κ1) is 14.5. The largest absolute Gasteiger partial charge is 0.310 e. The molecule has 0 saturated carbocycles. The van der Waals surface area contributed by atoms with Crippen LogP contribution in [0.5, 0.6) is 0 Å². The van der Waals surface area contributed by atoms with E-state index in [9.17, 15) is 0 Å². The molecule has 1 aromatic carbocycles. The average Bonchev–Trinajstić information content (AvgIpc) is 2.39. The van der Waals surface area contributed by atoms with Gasteiger partial charge < -0.3 is 5.32 Å². The summed E-state index contributed by atoms with van der Waals surface area (Å²) in [6, 6.07) is 12.2. The molecule has 0 aliphatic heterocycles. The minimum atomic E-state index is 0.226. The maximum absolute atomic E-state index is 6.24. The van der Waals surface area contributed by atoms with Crippen LogP contribution in [-0.2, 0) is 6.42 Å². The molecule has 2 rings (SSSR count). The van der Waals surface area contributed by atoms with Crippen LogP contribution in [0, 0.1) is 0 Å². The molecule has 0 fully saturated rings. The lowest BCUT2D eigenvalue weighted by Crippen LogP contribution is -2.21. The van der Waals surface area contributed by atoms with Crippen molar-refractivity contribution in [2.45, 2.75) is 19.4 Å². The molecule has 0 bridgehead atoms. The molecule has 1 unspecified atom stereocenters. The molecule has 0 saturated heterocycles. The number of hydrogen-bond acceptors (Lipinski definition) is 2. The summed E-state index contributed by atoms with van der Waals surface area (Å²) >= 11 is 9.65. The van der Waals surface area contributed by atoms with Crippen molar-refractivity contribution in [2.75, 3.05) is 6.54 Å². The van der Waals surface area contributed by atoms with E-state index in [4.69, 9.17) is 11.6 Å². The zero-order chi connectivity index (χ0) is 13.7. The zero-order valence-electron chi connectivity index (χ0n) is 10.7. The molecule has 1 aromatic heterocycles. The fraction of sp³-hybridized carbons (Fsp3) is 0.267. The third kappa shape index (κ3) is 4.30. The van der Waals surface area contributed by atoms with Crippen molar-refractivity contribution in [1.82, 2.24) is 10.3 Å². The fourth-order valence-electron chi connectivity index (χ4n) is 1.93.